The van der Waals surface area contributed by atoms with Crippen LogP contribution >= 0.6 is 0 Å². The van der Waals surface area contributed by atoms with Crippen LogP contribution in [0.3, 0.4) is 0 Å². The van der Waals surface area contributed by atoms with E-state index >= 15 is 0 Å². The maximum atomic E-state index is 11.5. The first-order chi connectivity index (χ1) is 10.2. The maximum absolute atomic E-state index is 11.5. The Hall–Kier alpha value is -2.10. The third kappa shape index (κ3) is 2.58. The van der Waals surface area contributed by atoms with E-state index in [2.05, 4.69) is 21.9 Å². The molecule has 1 aromatic heterocycles. The summed E-state index contributed by atoms with van der Waals surface area (Å²) >= 11 is 0. The van der Waals surface area contributed by atoms with Crippen molar-refractivity contribution in [3.63, 3.8) is 0 Å². The van der Waals surface area contributed by atoms with Gasteiger partial charge in [0.05, 0.1) is 7.11 Å². The van der Waals surface area contributed by atoms with Crippen LogP contribution in [0.4, 0.5) is 0 Å². The van der Waals surface area contributed by atoms with Gasteiger partial charge in [-0.25, -0.2) is 9.78 Å². The zero-order valence-electron chi connectivity index (χ0n) is 12.1. The van der Waals surface area contributed by atoms with Gasteiger partial charge in [0.2, 0.25) is 0 Å². The topological polar surface area (TPSA) is 59.4 Å². The molecule has 0 saturated heterocycles. The maximum Gasteiger partial charge on any atom is 0.360 e. The fourth-order valence-electron chi connectivity index (χ4n) is 3.16. The van der Waals surface area contributed by atoms with Crippen molar-refractivity contribution in [2.24, 2.45) is 0 Å². The summed E-state index contributed by atoms with van der Waals surface area (Å²) in [4.78, 5) is 15.6. The van der Waals surface area contributed by atoms with Crippen molar-refractivity contribution in [3.05, 3.63) is 35.7 Å². The standard InChI is InChI=1S/C17H19NO3/c1-21-17(20)15-16(19)14-8-7-12(9-13(14)10-18-15)11-5-3-2-4-6-11/h7-11,19H,2-6H2,1H3. The number of nitrogens with zero attached hydrogens (tertiary/aromatic N) is 1. The summed E-state index contributed by atoms with van der Waals surface area (Å²) in [5.41, 5.74) is 1.27. The number of benzene rings is 1. The van der Waals surface area contributed by atoms with Gasteiger partial charge >= 0.3 is 5.97 Å². The van der Waals surface area contributed by atoms with Crippen LogP contribution in [0, 0.1) is 0 Å². The second-order valence-electron chi connectivity index (χ2n) is 5.63. The quantitative estimate of drug-likeness (QED) is 0.853. The van der Waals surface area contributed by atoms with Crippen LogP contribution in [0.5, 0.6) is 5.75 Å². The molecule has 1 aliphatic rings. The van der Waals surface area contributed by atoms with Crippen LogP contribution in [0.15, 0.2) is 24.4 Å². The minimum atomic E-state index is -0.620. The fraction of sp³-hybridized carbons (Fsp3) is 0.412. The molecule has 1 aliphatic carbocycles. The molecule has 1 N–H and O–H groups in total. The summed E-state index contributed by atoms with van der Waals surface area (Å²) in [6, 6.07) is 6.01. The van der Waals surface area contributed by atoms with Crippen molar-refractivity contribution >= 4 is 16.7 Å². The molecule has 110 valence electrons. The Morgan fingerprint density at radius 1 is 1.29 bits per heavy atom. The van der Waals surface area contributed by atoms with Crippen LogP contribution in [0.1, 0.15) is 54.1 Å². The Balaban J connectivity index is 2.01. The highest BCUT2D eigenvalue weighted by atomic mass is 16.5. The Kier molecular flexibility index (Phi) is 3.78. The van der Waals surface area contributed by atoms with Gasteiger partial charge in [-0.3, -0.25) is 0 Å². The van der Waals surface area contributed by atoms with Crippen LogP contribution in [-0.4, -0.2) is 23.2 Å². The molecule has 0 spiro atoms. The van der Waals surface area contributed by atoms with Gasteiger partial charge in [-0.1, -0.05) is 31.4 Å². The first-order valence-electron chi connectivity index (χ1n) is 7.40. The van der Waals surface area contributed by atoms with E-state index < -0.39 is 5.97 Å². The molecule has 0 unspecified atom stereocenters. The molecule has 3 rings (SSSR count). The molecule has 1 fully saturated rings. The molecule has 1 heterocycles. The van der Waals surface area contributed by atoms with Crippen molar-refractivity contribution in [1.82, 2.24) is 4.98 Å². The largest absolute Gasteiger partial charge is 0.505 e. The van der Waals surface area contributed by atoms with E-state index in [0.717, 1.165) is 5.39 Å². The van der Waals surface area contributed by atoms with Gasteiger partial charge in [0.25, 0.3) is 0 Å². The fourth-order valence-corrected chi connectivity index (χ4v) is 3.16. The van der Waals surface area contributed by atoms with E-state index in [9.17, 15) is 9.90 Å². The second-order valence-corrected chi connectivity index (χ2v) is 5.63. The minimum absolute atomic E-state index is 0.0320. The average molecular weight is 285 g/mol. The molecule has 21 heavy (non-hydrogen) atoms. The summed E-state index contributed by atoms with van der Waals surface area (Å²) in [6.07, 6.45) is 7.99. The van der Waals surface area contributed by atoms with E-state index in [1.807, 2.05) is 6.07 Å². The van der Waals surface area contributed by atoms with E-state index in [1.165, 1.54) is 44.8 Å². The number of hydrogen-bond donors (Lipinski definition) is 1. The molecule has 0 atom stereocenters. The van der Waals surface area contributed by atoms with Crippen molar-refractivity contribution in [1.29, 1.82) is 0 Å². The van der Waals surface area contributed by atoms with Gasteiger partial charge in [-0.05, 0) is 30.4 Å². The predicted molar refractivity (Wildman–Crippen MR) is 80.6 cm³/mol. The SMILES string of the molecule is COC(=O)c1ncc2cc(C3CCCCC3)ccc2c1O. The minimum Gasteiger partial charge on any atom is -0.505 e. The van der Waals surface area contributed by atoms with E-state index in [0.29, 0.717) is 11.3 Å². The van der Waals surface area contributed by atoms with E-state index in [-0.39, 0.29) is 11.4 Å². The molecule has 0 aliphatic heterocycles. The molecule has 0 amide bonds. The normalized spacial score (nSPS) is 16.0. The van der Waals surface area contributed by atoms with Crippen molar-refractivity contribution in [2.45, 2.75) is 38.0 Å². The lowest BCUT2D eigenvalue weighted by molar-refractivity contribution is 0.0591. The molecule has 2 aromatic rings. The number of fused-ring (bicyclic) bond motifs is 1. The second kappa shape index (κ2) is 5.72. The number of hydrogen-bond acceptors (Lipinski definition) is 4. The number of carbonyl (C=O) groups excluding carboxylic acids is 1. The number of methoxy groups -OCH3 is 1. The lowest BCUT2D eigenvalue weighted by atomic mass is 9.83. The first-order valence-corrected chi connectivity index (χ1v) is 7.40. The van der Waals surface area contributed by atoms with Crippen molar-refractivity contribution < 1.29 is 14.6 Å². The van der Waals surface area contributed by atoms with Crippen molar-refractivity contribution in [3.8, 4) is 5.75 Å². The Labute approximate surface area is 123 Å². The monoisotopic (exact) mass is 285 g/mol. The number of ether oxygens (including phenoxy) is 1. The zero-order valence-corrected chi connectivity index (χ0v) is 12.1. The molecule has 1 aromatic carbocycles. The molecule has 0 radical (unpaired) electrons. The lowest BCUT2D eigenvalue weighted by Gasteiger charge is -2.22. The summed E-state index contributed by atoms with van der Waals surface area (Å²) in [5, 5.41) is 11.7. The first kappa shape index (κ1) is 13.9. The number of esters is 1. The summed E-state index contributed by atoms with van der Waals surface area (Å²) in [6.45, 7) is 0. The Morgan fingerprint density at radius 3 is 2.76 bits per heavy atom. The number of aromatic hydroxyl groups is 1. The summed E-state index contributed by atoms with van der Waals surface area (Å²) < 4.78 is 4.62. The van der Waals surface area contributed by atoms with Crippen LogP contribution < -0.4 is 0 Å². The Bertz CT molecular complexity index is 675. The van der Waals surface area contributed by atoms with Crippen LogP contribution in [0.25, 0.3) is 10.8 Å². The van der Waals surface area contributed by atoms with E-state index in [1.54, 1.807) is 6.20 Å². The number of rotatable bonds is 2. The molecule has 0 bridgehead atoms. The number of carbonyl (C=O) groups is 1. The highest BCUT2D eigenvalue weighted by Crippen LogP contribution is 2.35. The third-order valence-electron chi connectivity index (χ3n) is 4.34. The van der Waals surface area contributed by atoms with Gasteiger partial charge < -0.3 is 9.84 Å². The zero-order chi connectivity index (χ0) is 14.8. The smallest absolute Gasteiger partial charge is 0.360 e. The molecular weight excluding hydrogens is 266 g/mol. The van der Waals surface area contributed by atoms with E-state index in [4.69, 9.17) is 0 Å². The molecule has 1 saturated carbocycles. The summed E-state index contributed by atoms with van der Waals surface area (Å²) in [7, 11) is 1.28. The number of pyridine rings is 1. The van der Waals surface area contributed by atoms with Crippen molar-refractivity contribution in [2.75, 3.05) is 7.11 Å². The van der Waals surface area contributed by atoms with Gasteiger partial charge in [0.1, 0.15) is 0 Å². The van der Waals surface area contributed by atoms with Gasteiger partial charge in [0.15, 0.2) is 11.4 Å². The highest BCUT2D eigenvalue weighted by Gasteiger charge is 2.19. The number of aromatic nitrogens is 1. The van der Waals surface area contributed by atoms with Gasteiger partial charge in [-0.2, -0.15) is 0 Å². The third-order valence-corrected chi connectivity index (χ3v) is 4.34. The Morgan fingerprint density at radius 2 is 2.05 bits per heavy atom. The van der Waals surface area contributed by atoms with Gasteiger partial charge in [0, 0.05) is 17.0 Å². The van der Waals surface area contributed by atoms with Gasteiger partial charge in [-0.15, -0.1) is 0 Å². The highest BCUT2D eigenvalue weighted by molar-refractivity contribution is 5.99. The average Bonchev–Trinajstić information content (AvgIpc) is 2.55. The van der Waals surface area contributed by atoms with Crippen LogP contribution in [-0.2, 0) is 4.74 Å². The predicted octanol–water partition coefficient (Wildman–Crippen LogP) is 3.77. The summed E-state index contributed by atoms with van der Waals surface area (Å²) in [5.74, 6) is -0.120. The lowest BCUT2D eigenvalue weighted by Crippen LogP contribution is -2.06. The van der Waals surface area contributed by atoms with Crippen LogP contribution in [0.2, 0.25) is 0 Å². The molecule has 4 nitrogen and oxygen atoms in total. The molecule has 4 heteroatoms. The molecular formula is C17H19NO3.